The van der Waals surface area contributed by atoms with Crippen LogP contribution >= 0.6 is 15.9 Å². The molecule has 1 aliphatic carbocycles. The quantitative estimate of drug-likeness (QED) is 0.660. The average molecular weight is 243 g/mol. The predicted octanol–water partition coefficient (Wildman–Crippen LogP) is 3.64. The van der Waals surface area contributed by atoms with Gasteiger partial charge in [-0.15, -0.1) is 0 Å². The van der Waals surface area contributed by atoms with Gasteiger partial charge in [-0.2, -0.15) is 0 Å². The van der Waals surface area contributed by atoms with Crippen LogP contribution in [-0.4, -0.2) is 4.83 Å². The largest absolute Gasteiger partial charge is 0.207 e. The number of halogens is 2. The van der Waals surface area contributed by atoms with Crippen LogP contribution in [0.25, 0.3) is 0 Å². The van der Waals surface area contributed by atoms with Crippen molar-refractivity contribution in [3.05, 3.63) is 35.1 Å². The highest BCUT2D eigenvalue weighted by atomic mass is 79.9. The monoisotopic (exact) mass is 242 g/mol. The van der Waals surface area contributed by atoms with Gasteiger partial charge in [0.15, 0.2) is 0 Å². The van der Waals surface area contributed by atoms with E-state index in [4.69, 9.17) is 0 Å². The Hall–Kier alpha value is -0.370. The molecule has 2 heteroatoms. The van der Waals surface area contributed by atoms with Crippen LogP contribution < -0.4 is 0 Å². The van der Waals surface area contributed by atoms with Crippen molar-refractivity contribution in [2.75, 3.05) is 0 Å². The van der Waals surface area contributed by atoms with Crippen LogP contribution in [-0.2, 0) is 6.42 Å². The zero-order chi connectivity index (χ0) is 9.42. The molecule has 0 fully saturated rings. The molecule has 1 aromatic carbocycles. The van der Waals surface area contributed by atoms with Gasteiger partial charge >= 0.3 is 0 Å². The normalized spacial score (nSPS) is 22.8. The summed E-state index contributed by atoms with van der Waals surface area (Å²) in [4.78, 5) is 0.485. The Bertz CT molecular complexity index is 320. The summed E-state index contributed by atoms with van der Waals surface area (Å²) in [6, 6.07) is 5.16. The predicted molar refractivity (Wildman–Crippen MR) is 55.9 cm³/mol. The minimum Gasteiger partial charge on any atom is -0.207 e. The van der Waals surface area contributed by atoms with Crippen molar-refractivity contribution in [2.45, 2.75) is 30.5 Å². The molecule has 0 N–H and O–H groups in total. The molecule has 0 saturated carbocycles. The minimum absolute atomic E-state index is 0.110. The Morgan fingerprint density at radius 3 is 3.00 bits per heavy atom. The van der Waals surface area contributed by atoms with Crippen LogP contribution in [0.5, 0.6) is 0 Å². The maximum absolute atomic E-state index is 12.9. The molecule has 0 aliphatic heterocycles. The second-order valence-corrected chi connectivity index (χ2v) is 5.11. The molecule has 70 valence electrons. The number of hydrogen-bond donors (Lipinski definition) is 0. The number of alkyl halides is 1. The van der Waals surface area contributed by atoms with E-state index < -0.39 is 0 Å². The lowest BCUT2D eigenvalue weighted by atomic mass is 9.99. The Morgan fingerprint density at radius 1 is 1.54 bits per heavy atom. The molecule has 13 heavy (non-hydrogen) atoms. The second kappa shape index (κ2) is 3.41. The molecule has 0 heterocycles. The molecule has 2 atom stereocenters. The summed E-state index contributed by atoms with van der Waals surface area (Å²) in [7, 11) is 0. The van der Waals surface area contributed by atoms with Crippen LogP contribution in [0.1, 0.15) is 30.4 Å². The van der Waals surface area contributed by atoms with Crippen molar-refractivity contribution in [1.29, 1.82) is 0 Å². The van der Waals surface area contributed by atoms with Crippen molar-refractivity contribution in [3.63, 3.8) is 0 Å². The third-order valence-corrected chi connectivity index (χ3v) is 3.42. The topological polar surface area (TPSA) is 0 Å². The second-order valence-electron chi connectivity index (χ2n) is 3.67. The first-order chi connectivity index (χ1) is 6.18. The maximum Gasteiger partial charge on any atom is 0.123 e. The molecule has 1 aromatic rings. The molecule has 1 aliphatic rings. The van der Waals surface area contributed by atoms with Crippen molar-refractivity contribution < 1.29 is 4.39 Å². The summed E-state index contributed by atoms with van der Waals surface area (Å²) in [5, 5.41) is 0. The summed E-state index contributed by atoms with van der Waals surface area (Å²) >= 11 is 3.60. The minimum atomic E-state index is -0.110. The van der Waals surface area contributed by atoms with E-state index in [0.717, 1.165) is 12.8 Å². The van der Waals surface area contributed by atoms with Crippen molar-refractivity contribution in [2.24, 2.45) is 0 Å². The van der Waals surface area contributed by atoms with Crippen molar-refractivity contribution in [3.8, 4) is 0 Å². The summed E-state index contributed by atoms with van der Waals surface area (Å²) in [5.41, 5.74) is 2.52. The van der Waals surface area contributed by atoms with Gasteiger partial charge in [0.1, 0.15) is 5.82 Å². The lowest BCUT2D eigenvalue weighted by Crippen LogP contribution is -2.04. The smallest absolute Gasteiger partial charge is 0.123 e. The van der Waals surface area contributed by atoms with Crippen LogP contribution in [0, 0.1) is 5.82 Å². The highest BCUT2D eigenvalue weighted by molar-refractivity contribution is 9.09. The van der Waals surface area contributed by atoms with E-state index in [9.17, 15) is 4.39 Å². The van der Waals surface area contributed by atoms with Gasteiger partial charge in [0.05, 0.1) is 0 Å². The fourth-order valence-electron chi connectivity index (χ4n) is 2.10. The van der Waals surface area contributed by atoms with E-state index in [-0.39, 0.29) is 5.82 Å². The molecule has 0 nitrogen and oxygen atoms in total. The molecule has 0 bridgehead atoms. The van der Waals surface area contributed by atoms with E-state index in [2.05, 4.69) is 22.9 Å². The highest BCUT2D eigenvalue weighted by Gasteiger charge is 2.25. The number of rotatable bonds is 1. The van der Waals surface area contributed by atoms with Gasteiger partial charge in [-0.05, 0) is 42.0 Å². The SMILES string of the molecule is CC(Br)C1CCc2cc(F)ccc21. The molecular weight excluding hydrogens is 231 g/mol. The lowest BCUT2D eigenvalue weighted by Gasteiger charge is -2.13. The summed E-state index contributed by atoms with van der Waals surface area (Å²) < 4.78 is 12.9. The van der Waals surface area contributed by atoms with E-state index in [1.807, 2.05) is 6.07 Å². The third-order valence-electron chi connectivity index (χ3n) is 2.78. The number of aryl methyl sites for hydroxylation is 1. The summed E-state index contributed by atoms with van der Waals surface area (Å²) in [5.74, 6) is 0.456. The first-order valence-electron chi connectivity index (χ1n) is 4.61. The van der Waals surface area contributed by atoms with Gasteiger partial charge in [0.2, 0.25) is 0 Å². The zero-order valence-corrected chi connectivity index (χ0v) is 9.14. The van der Waals surface area contributed by atoms with E-state index in [1.54, 1.807) is 12.1 Å². The van der Waals surface area contributed by atoms with Crippen LogP contribution in [0.4, 0.5) is 4.39 Å². The van der Waals surface area contributed by atoms with E-state index in [1.165, 1.54) is 11.1 Å². The highest BCUT2D eigenvalue weighted by Crippen LogP contribution is 2.38. The molecule has 0 radical (unpaired) electrons. The Labute approximate surface area is 86.3 Å². The van der Waals surface area contributed by atoms with Crippen molar-refractivity contribution in [1.82, 2.24) is 0 Å². The van der Waals surface area contributed by atoms with Gasteiger partial charge in [-0.1, -0.05) is 28.9 Å². The molecule has 2 rings (SSSR count). The van der Waals surface area contributed by atoms with Crippen molar-refractivity contribution >= 4 is 15.9 Å². The number of benzene rings is 1. The average Bonchev–Trinajstić information content (AvgIpc) is 2.46. The number of hydrogen-bond acceptors (Lipinski definition) is 0. The Balaban J connectivity index is 2.38. The van der Waals surface area contributed by atoms with Gasteiger partial charge in [0, 0.05) is 4.83 Å². The van der Waals surface area contributed by atoms with Gasteiger partial charge in [-0.25, -0.2) is 4.39 Å². The van der Waals surface area contributed by atoms with Crippen LogP contribution in [0.3, 0.4) is 0 Å². The van der Waals surface area contributed by atoms with Gasteiger partial charge < -0.3 is 0 Å². The zero-order valence-electron chi connectivity index (χ0n) is 7.56. The maximum atomic E-state index is 12.9. The lowest BCUT2D eigenvalue weighted by molar-refractivity contribution is 0.625. The fourth-order valence-corrected chi connectivity index (χ4v) is 2.65. The standard InChI is InChI=1S/C11H12BrF/c1-7(12)10-4-2-8-6-9(13)3-5-11(8)10/h3,5-7,10H,2,4H2,1H3. The molecule has 2 unspecified atom stereocenters. The molecular formula is C11H12BrF. The van der Waals surface area contributed by atoms with E-state index >= 15 is 0 Å². The fraction of sp³-hybridized carbons (Fsp3) is 0.455. The Kier molecular flexibility index (Phi) is 2.41. The first kappa shape index (κ1) is 9.20. The Morgan fingerprint density at radius 2 is 2.31 bits per heavy atom. The third kappa shape index (κ3) is 1.64. The van der Waals surface area contributed by atoms with Gasteiger partial charge in [-0.3, -0.25) is 0 Å². The van der Waals surface area contributed by atoms with Crippen LogP contribution in [0.2, 0.25) is 0 Å². The number of fused-ring (bicyclic) bond motifs is 1. The molecule has 0 spiro atoms. The summed E-state index contributed by atoms with van der Waals surface area (Å²) in [6.45, 7) is 2.16. The molecule has 0 amide bonds. The first-order valence-corrected chi connectivity index (χ1v) is 5.52. The summed E-state index contributed by atoms with van der Waals surface area (Å²) in [6.07, 6.45) is 2.17. The van der Waals surface area contributed by atoms with E-state index in [0.29, 0.717) is 10.7 Å². The van der Waals surface area contributed by atoms with Gasteiger partial charge in [0.25, 0.3) is 0 Å². The van der Waals surface area contributed by atoms with Crippen LogP contribution in [0.15, 0.2) is 18.2 Å². The molecule has 0 saturated heterocycles. The molecule has 0 aromatic heterocycles.